The molecule has 4 nitrogen and oxygen atoms in total. The molecule has 2 rings (SSSR count). The summed E-state index contributed by atoms with van der Waals surface area (Å²) in [5.41, 5.74) is 1.12. The fourth-order valence-electron chi connectivity index (χ4n) is 2.60. The quantitative estimate of drug-likeness (QED) is 0.821. The van der Waals surface area contributed by atoms with E-state index in [1.54, 1.807) is 21.3 Å². The SMILES string of the molecule is CNC(c1ccc(OC)cc1OC)C(OC)C1CC1. The third kappa shape index (κ3) is 3.01. The Labute approximate surface area is 115 Å². The molecule has 0 amide bonds. The second kappa shape index (κ2) is 6.26. The maximum absolute atomic E-state index is 5.69. The van der Waals surface area contributed by atoms with Gasteiger partial charge in [0.05, 0.1) is 26.4 Å². The minimum atomic E-state index is 0.137. The van der Waals surface area contributed by atoms with E-state index >= 15 is 0 Å². The largest absolute Gasteiger partial charge is 0.497 e. The van der Waals surface area contributed by atoms with E-state index in [1.807, 2.05) is 25.2 Å². The van der Waals surface area contributed by atoms with E-state index in [4.69, 9.17) is 14.2 Å². The maximum Gasteiger partial charge on any atom is 0.127 e. The Bertz CT molecular complexity index is 418. The van der Waals surface area contributed by atoms with Gasteiger partial charge in [-0.05, 0) is 37.9 Å². The lowest BCUT2D eigenvalue weighted by Crippen LogP contribution is -2.32. The fourth-order valence-corrected chi connectivity index (χ4v) is 2.60. The van der Waals surface area contributed by atoms with Crippen LogP contribution in [0, 0.1) is 5.92 Å². The van der Waals surface area contributed by atoms with Crippen molar-refractivity contribution in [1.82, 2.24) is 5.32 Å². The molecule has 106 valence electrons. The number of methoxy groups -OCH3 is 3. The van der Waals surface area contributed by atoms with E-state index in [1.165, 1.54) is 12.8 Å². The van der Waals surface area contributed by atoms with E-state index in [0.717, 1.165) is 17.1 Å². The summed E-state index contributed by atoms with van der Waals surface area (Å²) in [5.74, 6) is 2.28. The second-order valence-electron chi connectivity index (χ2n) is 4.91. The van der Waals surface area contributed by atoms with Crippen molar-refractivity contribution in [2.24, 2.45) is 5.92 Å². The average molecular weight is 265 g/mol. The van der Waals surface area contributed by atoms with Crippen LogP contribution in [0.2, 0.25) is 0 Å². The molecule has 19 heavy (non-hydrogen) atoms. The van der Waals surface area contributed by atoms with Crippen LogP contribution < -0.4 is 14.8 Å². The van der Waals surface area contributed by atoms with Crippen LogP contribution in [0.4, 0.5) is 0 Å². The number of hydrogen-bond donors (Lipinski definition) is 1. The fraction of sp³-hybridized carbons (Fsp3) is 0.600. The number of nitrogens with one attached hydrogen (secondary N) is 1. The van der Waals surface area contributed by atoms with Crippen LogP contribution in [-0.4, -0.2) is 34.5 Å². The van der Waals surface area contributed by atoms with Crippen molar-refractivity contribution < 1.29 is 14.2 Å². The first kappa shape index (κ1) is 14.2. The summed E-state index contributed by atoms with van der Waals surface area (Å²) in [6.07, 6.45) is 2.68. The Balaban J connectivity index is 2.30. The monoisotopic (exact) mass is 265 g/mol. The van der Waals surface area contributed by atoms with E-state index in [9.17, 15) is 0 Å². The molecule has 0 bridgehead atoms. The smallest absolute Gasteiger partial charge is 0.127 e. The van der Waals surface area contributed by atoms with Crippen LogP contribution in [0.25, 0.3) is 0 Å². The minimum absolute atomic E-state index is 0.137. The second-order valence-corrected chi connectivity index (χ2v) is 4.91. The molecule has 1 aromatic rings. The third-order valence-electron chi connectivity index (χ3n) is 3.77. The lowest BCUT2D eigenvalue weighted by molar-refractivity contribution is 0.0523. The van der Waals surface area contributed by atoms with Gasteiger partial charge in [0, 0.05) is 18.7 Å². The Morgan fingerprint density at radius 1 is 1.16 bits per heavy atom. The molecule has 0 radical (unpaired) electrons. The highest BCUT2D eigenvalue weighted by molar-refractivity contribution is 5.43. The normalized spacial score (nSPS) is 17.9. The Kier molecular flexibility index (Phi) is 4.66. The molecule has 2 unspecified atom stereocenters. The summed E-state index contributed by atoms with van der Waals surface area (Å²) in [6, 6.07) is 6.06. The van der Waals surface area contributed by atoms with Gasteiger partial charge in [-0.2, -0.15) is 0 Å². The van der Waals surface area contributed by atoms with Crippen LogP contribution >= 0.6 is 0 Å². The van der Waals surface area contributed by atoms with E-state index in [-0.39, 0.29) is 12.1 Å². The zero-order valence-electron chi connectivity index (χ0n) is 12.1. The molecular weight excluding hydrogens is 242 g/mol. The van der Waals surface area contributed by atoms with Crippen LogP contribution in [0.3, 0.4) is 0 Å². The molecule has 0 heterocycles. The first-order chi connectivity index (χ1) is 9.24. The molecule has 1 aliphatic rings. The molecule has 2 atom stereocenters. The van der Waals surface area contributed by atoms with Crippen molar-refractivity contribution in [2.75, 3.05) is 28.4 Å². The summed E-state index contributed by atoms with van der Waals surface area (Å²) in [6.45, 7) is 0. The van der Waals surface area contributed by atoms with Crippen molar-refractivity contribution in [2.45, 2.75) is 25.0 Å². The van der Waals surface area contributed by atoms with E-state index < -0.39 is 0 Å². The number of benzene rings is 1. The number of hydrogen-bond acceptors (Lipinski definition) is 4. The van der Waals surface area contributed by atoms with Gasteiger partial charge in [0.1, 0.15) is 11.5 Å². The molecular formula is C15H23NO3. The zero-order chi connectivity index (χ0) is 13.8. The number of ether oxygens (including phenoxy) is 3. The molecule has 1 saturated carbocycles. The van der Waals surface area contributed by atoms with Gasteiger partial charge in [0.15, 0.2) is 0 Å². The van der Waals surface area contributed by atoms with Crippen LogP contribution in [0.1, 0.15) is 24.4 Å². The predicted molar refractivity (Wildman–Crippen MR) is 74.9 cm³/mol. The van der Waals surface area contributed by atoms with Gasteiger partial charge in [-0.1, -0.05) is 0 Å². The van der Waals surface area contributed by atoms with Gasteiger partial charge in [-0.25, -0.2) is 0 Å². The van der Waals surface area contributed by atoms with Gasteiger partial charge < -0.3 is 19.5 Å². The highest BCUT2D eigenvalue weighted by Gasteiger charge is 2.37. The van der Waals surface area contributed by atoms with Crippen molar-refractivity contribution in [3.63, 3.8) is 0 Å². The summed E-state index contributed by atoms with van der Waals surface area (Å²) < 4.78 is 16.4. The Hall–Kier alpha value is -1.26. The molecule has 0 aliphatic heterocycles. The minimum Gasteiger partial charge on any atom is -0.497 e. The summed E-state index contributed by atoms with van der Waals surface area (Å²) in [5, 5.41) is 3.36. The average Bonchev–Trinajstić information content (AvgIpc) is 3.28. The van der Waals surface area contributed by atoms with Crippen LogP contribution in [-0.2, 0) is 4.74 Å². The van der Waals surface area contributed by atoms with Crippen molar-refractivity contribution in [3.8, 4) is 11.5 Å². The molecule has 1 N–H and O–H groups in total. The van der Waals surface area contributed by atoms with E-state index in [2.05, 4.69) is 5.32 Å². The van der Waals surface area contributed by atoms with E-state index in [0.29, 0.717) is 5.92 Å². The molecule has 1 fully saturated rings. The van der Waals surface area contributed by atoms with Crippen molar-refractivity contribution in [3.05, 3.63) is 23.8 Å². The van der Waals surface area contributed by atoms with Gasteiger partial charge in [-0.15, -0.1) is 0 Å². The topological polar surface area (TPSA) is 39.7 Å². The molecule has 1 aliphatic carbocycles. The molecule has 0 aromatic heterocycles. The van der Waals surface area contributed by atoms with Gasteiger partial charge in [0.25, 0.3) is 0 Å². The standard InChI is InChI=1S/C15H23NO3/c1-16-14(15(19-4)10-5-6-10)12-8-7-11(17-2)9-13(12)18-3/h7-10,14-16H,5-6H2,1-4H3. The van der Waals surface area contributed by atoms with Crippen molar-refractivity contribution >= 4 is 0 Å². The highest BCUT2D eigenvalue weighted by atomic mass is 16.5. The summed E-state index contributed by atoms with van der Waals surface area (Å²) in [7, 11) is 7.09. The zero-order valence-corrected chi connectivity index (χ0v) is 12.1. The Morgan fingerprint density at radius 2 is 1.89 bits per heavy atom. The maximum atomic E-state index is 5.69. The highest BCUT2D eigenvalue weighted by Crippen LogP contribution is 2.42. The van der Waals surface area contributed by atoms with Gasteiger partial charge in [-0.3, -0.25) is 0 Å². The van der Waals surface area contributed by atoms with Crippen LogP contribution in [0.15, 0.2) is 18.2 Å². The summed E-state index contributed by atoms with van der Waals surface area (Å²) in [4.78, 5) is 0. The van der Waals surface area contributed by atoms with Gasteiger partial charge >= 0.3 is 0 Å². The molecule has 0 spiro atoms. The summed E-state index contributed by atoms with van der Waals surface area (Å²) >= 11 is 0. The molecule has 0 saturated heterocycles. The molecule has 4 heteroatoms. The third-order valence-corrected chi connectivity index (χ3v) is 3.77. The first-order valence-electron chi connectivity index (χ1n) is 6.67. The number of rotatable bonds is 7. The predicted octanol–water partition coefficient (Wildman–Crippen LogP) is 2.39. The lowest BCUT2D eigenvalue weighted by Gasteiger charge is -2.27. The van der Waals surface area contributed by atoms with Gasteiger partial charge in [0.2, 0.25) is 0 Å². The number of likely N-dealkylation sites (N-methyl/N-ethyl adjacent to an activating group) is 1. The Morgan fingerprint density at radius 3 is 2.37 bits per heavy atom. The molecule has 1 aromatic carbocycles. The van der Waals surface area contributed by atoms with Crippen molar-refractivity contribution in [1.29, 1.82) is 0 Å². The first-order valence-corrected chi connectivity index (χ1v) is 6.67. The lowest BCUT2D eigenvalue weighted by atomic mass is 9.97. The van der Waals surface area contributed by atoms with Crippen LogP contribution in [0.5, 0.6) is 11.5 Å².